The molecule has 0 saturated carbocycles. The van der Waals surface area contributed by atoms with Crippen LogP contribution in [0.1, 0.15) is 61.4 Å². The predicted octanol–water partition coefficient (Wildman–Crippen LogP) is 5.98. The zero-order chi connectivity index (χ0) is 23.5. The van der Waals surface area contributed by atoms with Crippen LogP contribution < -0.4 is 0 Å². The van der Waals surface area contributed by atoms with Crippen LogP contribution in [0.25, 0.3) is 32.2 Å². The van der Waals surface area contributed by atoms with Crippen LogP contribution in [0.4, 0.5) is 0 Å². The summed E-state index contributed by atoms with van der Waals surface area (Å²) in [5, 5.41) is 16.8. The molecule has 0 fully saturated rings. The van der Waals surface area contributed by atoms with Gasteiger partial charge in [-0.2, -0.15) is 5.10 Å². The number of rotatable bonds is 4. The SMILES string of the molecule is Cc1nc2sc3c(c2c(-c2ccc4cnn(C)c4c2)c1C(OC(C)(C)C)C(=O)O)CCCC3. The topological polar surface area (TPSA) is 77.2 Å². The molecule has 1 unspecified atom stereocenters. The van der Waals surface area contributed by atoms with Gasteiger partial charge in [-0.15, -0.1) is 11.3 Å². The summed E-state index contributed by atoms with van der Waals surface area (Å²) >= 11 is 1.76. The smallest absolute Gasteiger partial charge is 0.337 e. The van der Waals surface area contributed by atoms with Gasteiger partial charge < -0.3 is 9.84 Å². The number of carboxylic acid groups (broad SMARTS) is 1. The van der Waals surface area contributed by atoms with Crippen molar-refractivity contribution in [1.29, 1.82) is 0 Å². The molecule has 0 aliphatic heterocycles. The van der Waals surface area contributed by atoms with E-state index in [9.17, 15) is 9.90 Å². The van der Waals surface area contributed by atoms with E-state index in [0.717, 1.165) is 51.5 Å². The van der Waals surface area contributed by atoms with Crippen LogP contribution in [0.3, 0.4) is 0 Å². The second-order valence-electron chi connectivity index (χ2n) is 9.87. The van der Waals surface area contributed by atoms with Crippen molar-refractivity contribution in [2.75, 3.05) is 0 Å². The van der Waals surface area contributed by atoms with E-state index < -0.39 is 17.7 Å². The molecule has 0 bridgehead atoms. The lowest BCUT2D eigenvalue weighted by atomic mass is 9.87. The van der Waals surface area contributed by atoms with Crippen molar-refractivity contribution >= 4 is 38.4 Å². The van der Waals surface area contributed by atoms with Gasteiger partial charge in [0.15, 0.2) is 6.10 Å². The molecule has 0 spiro atoms. The first-order valence-electron chi connectivity index (χ1n) is 11.4. The van der Waals surface area contributed by atoms with Crippen molar-refractivity contribution in [2.45, 2.75) is 65.1 Å². The Morgan fingerprint density at radius 3 is 2.73 bits per heavy atom. The molecule has 1 atom stereocenters. The number of hydrogen-bond donors (Lipinski definition) is 1. The van der Waals surface area contributed by atoms with E-state index in [1.807, 2.05) is 45.6 Å². The van der Waals surface area contributed by atoms with Crippen LogP contribution in [0.15, 0.2) is 24.4 Å². The third-order valence-corrected chi connectivity index (χ3v) is 7.51. The van der Waals surface area contributed by atoms with E-state index in [1.54, 1.807) is 11.3 Å². The Balaban J connectivity index is 1.88. The number of ether oxygens (including phenoxy) is 1. The monoisotopic (exact) mass is 463 g/mol. The number of aliphatic carboxylic acids is 1. The lowest BCUT2D eigenvalue weighted by Crippen LogP contribution is -2.28. The fraction of sp³-hybridized carbons (Fsp3) is 0.423. The Kier molecular flexibility index (Phi) is 5.29. The van der Waals surface area contributed by atoms with E-state index in [-0.39, 0.29) is 0 Å². The summed E-state index contributed by atoms with van der Waals surface area (Å²) in [5.74, 6) is -0.999. The fourth-order valence-corrected chi connectivity index (χ4v) is 6.24. The molecule has 0 saturated heterocycles. The predicted molar refractivity (Wildman–Crippen MR) is 132 cm³/mol. The van der Waals surface area contributed by atoms with Crippen molar-refractivity contribution in [3.63, 3.8) is 0 Å². The number of fused-ring (bicyclic) bond motifs is 4. The Morgan fingerprint density at radius 2 is 2.00 bits per heavy atom. The molecule has 172 valence electrons. The lowest BCUT2D eigenvalue weighted by Gasteiger charge is -2.28. The van der Waals surface area contributed by atoms with Crippen molar-refractivity contribution < 1.29 is 14.6 Å². The average Bonchev–Trinajstić information content (AvgIpc) is 3.30. The zero-order valence-electron chi connectivity index (χ0n) is 19.7. The molecule has 3 aromatic heterocycles. The molecule has 1 N–H and O–H groups in total. The minimum Gasteiger partial charge on any atom is -0.479 e. The standard InChI is InChI=1S/C26H29N3O3S/c1-14-20(23(25(30)31)32-26(2,3)4)21(15-10-11-16-13-27-29(5)18(16)12-15)22-17-8-6-7-9-19(17)33-24(22)28-14/h10-13,23H,6-9H2,1-5H3,(H,30,31). The van der Waals surface area contributed by atoms with Crippen LogP contribution >= 0.6 is 11.3 Å². The second-order valence-corrected chi connectivity index (χ2v) is 11.0. The minimum atomic E-state index is -1.11. The highest BCUT2D eigenvalue weighted by Crippen LogP contribution is 2.46. The quantitative estimate of drug-likeness (QED) is 0.403. The molecule has 1 aromatic carbocycles. The summed E-state index contributed by atoms with van der Waals surface area (Å²) in [6.07, 6.45) is 5.13. The Labute approximate surface area is 197 Å². The van der Waals surface area contributed by atoms with Crippen LogP contribution in [0, 0.1) is 6.92 Å². The van der Waals surface area contributed by atoms with E-state index in [4.69, 9.17) is 9.72 Å². The maximum Gasteiger partial charge on any atom is 0.337 e. The number of pyridine rings is 1. The van der Waals surface area contributed by atoms with E-state index in [1.165, 1.54) is 16.9 Å². The third-order valence-electron chi connectivity index (χ3n) is 6.33. The highest BCUT2D eigenvalue weighted by molar-refractivity contribution is 7.19. The zero-order valence-corrected chi connectivity index (χ0v) is 20.5. The number of carboxylic acids is 1. The number of hydrogen-bond acceptors (Lipinski definition) is 5. The molecule has 5 rings (SSSR count). The molecule has 0 amide bonds. The van der Waals surface area contributed by atoms with Gasteiger partial charge in [-0.1, -0.05) is 12.1 Å². The summed E-state index contributed by atoms with van der Waals surface area (Å²) in [6, 6.07) is 6.25. The molecule has 1 aliphatic carbocycles. The summed E-state index contributed by atoms with van der Waals surface area (Å²) in [4.78, 5) is 19.8. The average molecular weight is 464 g/mol. The molecule has 7 heteroatoms. The van der Waals surface area contributed by atoms with Gasteiger partial charge in [-0.05, 0) is 70.6 Å². The van der Waals surface area contributed by atoms with Crippen LogP contribution in [0.2, 0.25) is 0 Å². The van der Waals surface area contributed by atoms with Crippen molar-refractivity contribution in [2.24, 2.45) is 7.05 Å². The van der Waals surface area contributed by atoms with Gasteiger partial charge in [0.25, 0.3) is 0 Å². The van der Waals surface area contributed by atoms with Gasteiger partial charge in [0, 0.05) is 39.5 Å². The number of aryl methyl sites for hydroxylation is 4. The van der Waals surface area contributed by atoms with Crippen LogP contribution in [0.5, 0.6) is 0 Å². The molecular weight excluding hydrogens is 434 g/mol. The van der Waals surface area contributed by atoms with Gasteiger partial charge in [0.05, 0.1) is 17.3 Å². The molecule has 3 heterocycles. The third kappa shape index (κ3) is 3.83. The maximum atomic E-state index is 12.5. The van der Waals surface area contributed by atoms with Gasteiger partial charge in [0.2, 0.25) is 0 Å². The minimum absolute atomic E-state index is 0.623. The first-order valence-corrected chi connectivity index (χ1v) is 12.2. The summed E-state index contributed by atoms with van der Waals surface area (Å²) in [6.45, 7) is 7.57. The van der Waals surface area contributed by atoms with Gasteiger partial charge >= 0.3 is 5.97 Å². The Hall–Kier alpha value is -2.77. The normalized spacial score (nSPS) is 15.2. The summed E-state index contributed by atoms with van der Waals surface area (Å²) < 4.78 is 7.99. The number of nitrogens with zero attached hydrogens (tertiary/aromatic N) is 3. The number of benzene rings is 1. The van der Waals surface area contributed by atoms with E-state index in [2.05, 4.69) is 23.3 Å². The summed E-state index contributed by atoms with van der Waals surface area (Å²) in [7, 11) is 1.93. The highest BCUT2D eigenvalue weighted by Gasteiger charge is 2.34. The molecule has 1 aliphatic rings. The van der Waals surface area contributed by atoms with Crippen LogP contribution in [-0.2, 0) is 29.4 Å². The van der Waals surface area contributed by atoms with Crippen molar-refractivity contribution in [3.05, 3.63) is 46.1 Å². The lowest BCUT2D eigenvalue weighted by molar-refractivity contribution is -0.160. The van der Waals surface area contributed by atoms with Gasteiger partial charge in [-0.25, -0.2) is 9.78 Å². The Morgan fingerprint density at radius 1 is 1.24 bits per heavy atom. The van der Waals surface area contributed by atoms with Gasteiger partial charge in [0.1, 0.15) is 4.83 Å². The molecule has 0 radical (unpaired) electrons. The van der Waals surface area contributed by atoms with Crippen molar-refractivity contribution in [3.8, 4) is 11.1 Å². The number of thiophene rings is 1. The largest absolute Gasteiger partial charge is 0.479 e. The maximum absolute atomic E-state index is 12.5. The molecule has 33 heavy (non-hydrogen) atoms. The first-order chi connectivity index (χ1) is 15.6. The van der Waals surface area contributed by atoms with Gasteiger partial charge in [-0.3, -0.25) is 4.68 Å². The molecule has 4 aromatic rings. The Bertz CT molecular complexity index is 1390. The fourth-order valence-electron chi connectivity index (χ4n) is 4.92. The van der Waals surface area contributed by atoms with Crippen molar-refractivity contribution in [1.82, 2.24) is 14.8 Å². The second kappa shape index (κ2) is 7.92. The molecule has 6 nitrogen and oxygen atoms in total. The highest BCUT2D eigenvalue weighted by atomic mass is 32.1. The molecular formula is C26H29N3O3S. The van der Waals surface area contributed by atoms with E-state index in [0.29, 0.717) is 11.3 Å². The number of aromatic nitrogens is 3. The first kappa shape index (κ1) is 22.0. The summed E-state index contributed by atoms with van der Waals surface area (Å²) in [5.41, 5.74) is 4.99. The number of carbonyl (C=O) groups is 1. The van der Waals surface area contributed by atoms with Crippen LogP contribution in [-0.4, -0.2) is 31.4 Å². The van der Waals surface area contributed by atoms with E-state index >= 15 is 0 Å².